The molecular formula is C28H28F6N6O4. The number of ether oxygens (including phenoxy) is 2. The van der Waals surface area contributed by atoms with Crippen molar-refractivity contribution < 1.29 is 45.3 Å². The maximum Gasteiger partial charge on any atom is 0.573 e. The number of halogens is 6. The number of benzene rings is 2. The summed E-state index contributed by atoms with van der Waals surface area (Å²) in [6.07, 6.45) is -7.52. The largest absolute Gasteiger partial charge is 0.573 e. The van der Waals surface area contributed by atoms with E-state index >= 15 is 0 Å². The highest BCUT2D eigenvalue weighted by Gasteiger charge is 2.33. The fraction of sp³-hybridized carbons (Fsp3) is 0.393. The van der Waals surface area contributed by atoms with Gasteiger partial charge in [0.25, 0.3) is 5.89 Å². The molecule has 4 aromatic rings. The smallest absolute Gasteiger partial charge is 0.497 e. The number of nitrogens with one attached hydrogen (secondary N) is 3. The number of fused-ring (bicyclic) bond motifs is 1. The Morgan fingerprint density at radius 2 is 1.77 bits per heavy atom. The highest BCUT2D eigenvalue weighted by molar-refractivity contribution is 5.99. The van der Waals surface area contributed by atoms with E-state index in [9.17, 15) is 31.4 Å². The minimum Gasteiger partial charge on any atom is -0.497 e. The van der Waals surface area contributed by atoms with Gasteiger partial charge in [-0.2, -0.15) is 13.2 Å². The number of aromatic nitrogens is 3. The van der Waals surface area contributed by atoms with Gasteiger partial charge in [-0.05, 0) is 55.5 Å². The summed E-state index contributed by atoms with van der Waals surface area (Å²) in [5.41, 5.74) is 0.399. The third-order valence-electron chi connectivity index (χ3n) is 6.86. The number of alkyl halides is 6. The Morgan fingerprint density at radius 1 is 1.00 bits per heavy atom. The molecule has 2 atom stereocenters. The van der Waals surface area contributed by atoms with E-state index in [2.05, 4.69) is 35.9 Å². The molecule has 16 heteroatoms. The van der Waals surface area contributed by atoms with Crippen LogP contribution in [0, 0.1) is 0 Å². The predicted molar refractivity (Wildman–Crippen MR) is 148 cm³/mol. The second kappa shape index (κ2) is 12.6. The fourth-order valence-electron chi connectivity index (χ4n) is 4.85. The Labute approximate surface area is 246 Å². The molecule has 44 heavy (non-hydrogen) atoms. The van der Waals surface area contributed by atoms with Crippen LogP contribution in [-0.4, -0.2) is 58.6 Å². The molecule has 236 valence electrons. The lowest BCUT2D eigenvalue weighted by molar-refractivity contribution is -0.274. The molecule has 4 N–H and O–H groups in total. The highest BCUT2D eigenvalue weighted by Crippen LogP contribution is 2.39. The van der Waals surface area contributed by atoms with E-state index in [1.807, 2.05) is 0 Å². The SMILES string of the molecule is COc1ccc(CNc2cc(-c3nnc(NC4CCCC(O)C4)o3)nc3c(OC(F)(F)F)cc(NCC(F)(F)F)cc23)cc1. The summed E-state index contributed by atoms with van der Waals surface area (Å²) in [4.78, 5) is 4.29. The third kappa shape index (κ3) is 8.12. The number of nitrogens with zero attached hydrogens (tertiary/aromatic N) is 3. The van der Waals surface area contributed by atoms with Crippen LogP contribution in [-0.2, 0) is 6.54 Å². The molecule has 1 aliphatic rings. The van der Waals surface area contributed by atoms with Gasteiger partial charge in [0.1, 0.15) is 23.5 Å². The first kappa shape index (κ1) is 31.0. The quantitative estimate of drug-likeness (QED) is 0.145. The Balaban J connectivity index is 1.55. The van der Waals surface area contributed by atoms with Crippen molar-refractivity contribution in [1.29, 1.82) is 0 Å². The number of aliphatic hydroxyl groups is 1. The number of anilines is 3. The third-order valence-corrected chi connectivity index (χ3v) is 6.86. The van der Waals surface area contributed by atoms with Crippen molar-refractivity contribution >= 4 is 28.3 Å². The van der Waals surface area contributed by atoms with Gasteiger partial charge >= 0.3 is 18.6 Å². The first-order valence-corrected chi connectivity index (χ1v) is 13.6. The molecule has 2 aromatic carbocycles. The second-order valence-electron chi connectivity index (χ2n) is 10.2. The monoisotopic (exact) mass is 626 g/mol. The molecule has 0 bridgehead atoms. The van der Waals surface area contributed by atoms with Gasteiger partial charge in [0.2, 0.25) is 0 Å². The van der Waals surface area contributed by atoms with Crippen LogP contribution in [0.2, 0.25) is 0 Å². The van der Waals surface area contributed by atoms with Gasteiger partial charge in [-0.15, -0.1) is 18.3 Å². The second-order valence-corrected chi connectivity index (χ2v) is 10.2. The topological polar surface area (TPSA) is 127 Å². The first-order valence-electron chi connectivity index (χ1n) is 13.6. The first-order chi connectivity index (χ1) is 20.8. The average Bonchev–Trinajstić information content (AvgIpc) is 3.42. The molecule has 0 aliphatic heterocycles. The van der Waals surface area contributed by atoms with Crippen LogP contribution in [0.3, 0.4) is 0 Å². The van der Waals surface area contributed by atoms with Crippen LogP contribution in [0.25, 0.3) is 22.5 Å². The summed E-state index contributed by atoms with van der Waals surface area (Å²) in [7, 11) is 1.51. The standard InChI is InChI=1S/C28H28F6N6O4/c1-42-19-7-5-15(6-8-19)13-35-21-12-22(25-39-40-26(43-25)37-16-3-2-4-18(41)9-16)38-24-20(21)10-17(36-14-27(29,30)31)11-23(24)44-28(32,33)34/h5-8,10-12,16,18,36,41H,2-4,9,13-14H2,1H3,(H,35,38)(H,37,40). The van der Waals surface area contributed by atoms with Crippen LogP contribution in [0.1, 0.15) is 31.2 Å². The summed E-state index contributed by atoms with van der Waals surface area (Å²) >= 11 is 0. The van der Waals surface area contributed by atoms with Gasteiger partial charge in [0, 0.05) is 35.4 Å². The zero-order valence-corrected chi connectivity index (χ0v) is 23.2. The van der Waals surface area contributed by atoms with Crippen molar-refractivity contribution in [2.75, 3.05) is 29.6 Å². The summed E-state index contributed by atoms with van der Waals surface area (Å²) in [5, 5.41) is 26.2. The highest BCUT2D eigenvalue weighted by atomic mass is 19.4. The minimum atomic E-state index is -5.17. The van der Waals surface area contributed by atoms with Crippen molar-refractivity contribution in [2.24, 2.45) is 0 Å². The number of methoxy groups -OCH3 is 1. The molecule has 1 saturated carbocycles. The van der Waals surface area contributed by atoms with Crippen LogP contribution in [0.5, 0.6) is 11.5 Å². The summed E-state index contributed by atoms with van der Waals surface area (Å²) in [5.74, 6) is -0.346. The number of pyridine rings is 1. The van der Waals surface area contributed by atoms with Crippen molar-refractivity contribution in [2.45, 2.75) is 56.9 Å². The molecule has 0 saturated heterocycles. The van der Waals surface area contributed by atoms with Gasteiger partial charge in [-0.3, -0.25) is 0 Å². The predicted octanol–water partition coefficient (Wildman–Crippen LogP) is 6.49. The molecule has 0 spiro atoms. The fourth-order valence-corrected chi connectivity index (χ4v) is 4.85. The maximum atomic E-state index is 13.4. The molecule has 5 rings (SSSR count). The number of rotatable bonds is 10. The van der Waals surface area contributed by atoms with Crippen molar-refractivity contribution in [3.05, 3.63) is 48.0 Å². The Morgan fingerprint density at radius 3 is 2.45 bits per heavy atom. The van der Waals surface area contributed by atoms with Crippen molar-refractivity contribution in [3.8, 4) is 23.1 Å². The summed E-state index contributed by atoms with van der Waals surface area (Å²) in [6.45, 7) is -1.31. The number of aliphatic hydroxyl groups excluding tert-OH is 1. The zero-order valence-electron chi connectivity index (χ0n) is 23.2. The number of hydrogen-bond donors (Lipinski definition) is 4. The molecular weight excluding hydrogens is 598 g/mol. The Bertz CT molecular complexity index is 1580. The lowest BCUT2D eigenvalue weighted by Crippen LogP contribution is -2.29. The van der Waals surface area contributed by atoms with Gasteiger partial charge in [-0.1, -0.05) is 17.2 Å². The van der Waals surface area contributed by atoms with Gasteiger partial charge < -0.3 is 34.9 Å². The average molecular weight is 627 g/mol. The lowest BCUT2D eigenvalue weighted by Gasteiger charge is -2.25. The molecule has 0 radical (unpaired) electrons. The van der Waals surface area contributed by atoms with E-state index in [1.54, 1.807) is 24.3 Å². The molecule has 1 aliphatic carbocycles. The van der Waals surface area contributed by atoms with Crippen LogP contribution in [0.15, 0.2) is 46.9 Å². The van der Waals surface area contributed by atoms with E-state index in [0.717, 1.165) is 24.5 Å². The van der Waals surface area contributed by atoms with Crippen LogP contribution < -0.4 is 25.4 Å². The molecule has 0 amide bonds. The van der Waals surface area contributed by atoms with Crippen molar-refractivity contribution in [1.82, 2.24) is 15.2 Å². The molecule has 1 fully saturated rings. The molecule has 10 nitrogen and oxygen atoms in total. The summed E-state index contributed by atoms with van der Waals surface area (Å²) in [6, 6.07) is 10.4. The van der Waals surface area contributed by atoms with E-state index in [0.29, 0.717) is 18.6 Å². The number of hydrogen-bond acceptors (Lipinski definition) is 10. The van der Waals surface area contributed by atoms with Crippen molar-refractivity contribution in [3.63, 3.8) is 0 Å². The lowest BCUT2D eigenvalue weighted by atomic mass is 9.93. The van der Waals surface area contributed by atoms with E-state index in [-0.39, 0.29) is 52.5 Å². The molecule has 2 heterocycles. The zero-order chi connectivity index (χ0) is 31.5. The van der Waals surface area contributed by atoms with Gasteiger partial charge in [0.05, 0.1) is 13.2 Å². The summed E-state index contributed by atoms with van der Waals surface area (Å²) < 4.78 is 94.2. The van der Waals surface area contributed by atoms with E-state index < -0.39 is 30.9 Å². The maximum absolute atomic E-state index is 13.4. The van der Waals surface area contributed by atoms with E-state index in [1.165, 1.54) is 19.2 Å². The molecule has 2 unspecified atom stereocenters. The normalized spacial score (nSPS) is 17.4. The van der Waals surface area contributed by atoms with E-state index in [4.69, 9.17) is 9.15 Å². The van der Waals surface area contributed by atoms with Gasteiger partial charge in [-0.25, -0.2) is 4.98 Å². The Kier molecular flexibility index (Phi) is 8.90. The minimum absolute atomic E-state index is 0.0121. The Hall–Kier alpha value is -4.47. The molecule has 2 aromatic heterocycles. The van der Waals surface area contributed by atoms with Crippen LogP contribution >= 0.6 is 0 Å². The van der Waals surface area contributed by atoms with Gasteiger partial charge in [0.15, 0.2) is 5.75 Å². The van der Waals surface area contributed by atoms with Crippen LogP contribution in [0.4, 0.5) is 43.7 Å².